The molecule has 0 heterocycles. The number of benzene rings is 1. The van der Waals surface area contributed by atoms with Crippen LogP contribution in [0.3, 0.4) is 0 Å². The minimum absolute atomic E-state index is 0.235. The van der Waals surface area contributed by atoms with Gasteiger partial charge in [-0.05, 0) is 68.4 Å². The van der Waals surface area contributed by atoms with E-state index in [1.165, 1.54) is 38.5 Å². The molecule has 0 aliphatic heterocycles. The Balaban J connectivity index is 1.69. The summed E-state index contributed by atoms with van der Waals surface area (Å²) in [5, 5.41) is 0. The minimum Gasteiger partial charge on any atom is -0.312 e. The molecule has 0 aromatic heterocycles. The molecule has 5 rings (SSSR count). The first-order valence-electron chi connectivity index (χ1n) is 7.88. The van der Waals surface area contributed by atoms with Gasteiger partial charge in [0, 0.05) is 5.41 Å². The van der Waals surface area contributed by atoms with E-state index < -0.39 is 0 Å². The van der Waals surface area contributed by atoms with Gasteiger partial charge in [-0.2, -0.15) is 0 Å². The maximum absolute atomic E-state index is 5.86. The van der Waals surface area contributed by atoms with Gasteiger partial charge in [-0.1, -0.05) is 18.2 Å². The number of hydrogen-bond acceptors (Lipinski definition) is 2. The standard InChI is InChI=1S/C17H23N3/c18-20-16(19-15-4-2-1-3-5-15)17-9-12-6-13(10-17)8-14(7-12)11-17/h1-5,12-14H,6-11,18H2,(H,19,20). The summed E-state index contributed by atoms with van der Waals surface area (Å²) in [7, 11) is 0. The summed E-state index contributed by atoms with van der Waals surface area (Å²) >= 11 is 0. The highest BCUT2D eigenvalue weighted by Gasteiger charge is 2.53. The molecule has 0 unspecified atom stereocenters. The zero-order valence-electron chi connectivity index (χ0n) is 11.9. The van der Waals surface area contributed by atoms with Gasteiger partial charge in [0.1, 0.15) is 5.84 Å². The number of hydrogen-bond donors (Lipinski definition) is 2. The first kappa shape index (κ1) is 12.4. The lowest BCUT2D eigenvalue weighted by Gasteiger charge is -2.56. The Hall–Kier alpha value is -1.35. The molecule has 3 N–H and O–H groups in total. The Morgan fingerprint density at radius 1 is 1.00 bits per heavy atom. The smallest absolute Gasteiger partial charge is 0.122 e. The fraction of sp³-hybridized carbons (Fsp3) is 0.588. The van der Waals surface area contributed by atoms with Gasteiger partial charge in [0.25, 0.3) is 0 Å². The molecule has 0 amide bonds. The quantitative estimate of drug-likeness (QED) is 0.374. The lowest BCUT2D eigenvalue weighted by Crippen LogP contribution is -2.54. The van der Waals surface area contributed by atoms with Crippen molar-refractivity contribution in [1.29, 1.82) is 0 Å². The van der Waals surface area contributed by atoms with Crippen LogP contribution in [0, 0.1) is 23.2 Å². The summed E-state index contributed by atoms with van der Waals surface area (Å²) in [6.45, 7) is 0. The van der Waals surface area contributed by atoms with E-state index >= 15 is 0 Å². The van der Waals surface area contributed by atoms with Gasteiger partial charge >= 0.3 is 0 Å². The monoisotopic (exact) mass is 269 g/mol. The third-order valence-corrected chi connectivity index (χ3v) is 5.67. The van der Waals surface area contributed by atoms with Gasteiger partial charge in [-0.3, -0.25) is 0 Å². The largest absolute Gasteiger partial charge is 0.312 e. The van der Waals surface area contributed by atoms with Crippen molar-refractivity contribution >= 4 is 11.5 Å². The SMILES string of the molecule is NNC(=Nc1ccccc1)C12CC3CC(CC(C3)C1)C2. The number of nitrogens with zero attached hydrogens (tertiary/aromatic N) is 1. The maximum atomic E-state index is 5.86. The summed E-state index contributed by atoms with van der Waals surface area (Å²) < 4.78 is 0. The van der Waals surface area contributed by atoms with Crippen LogP contribution in [0.5, 0.6) is 0 Å². The van der Waals surface area contributed by atoms with Crippen LogP contribution in [-0.2, 0) is 0 Å². The van der Waals surface area contributed by atoms with E-state index in [2.05, 4.69) is 17.6 Å². The summed E-state index contributed by atoms with van der Waals surface area (Å²) in [5.41, 5.74) is 4.20. The molecule has 4 bridgehead atoms. The molecule has 0 radical (unpaired) electrons. The highest BCUT2D eigenvalue weighted by atomic mass is 15.3. The molecular weight excluding hydrogens is 246 g/mol. The second-order valence-electron chi connectivity index (χ2n) is 7.14. The van der Waals surface area contributed by atoms with E-state index in [0.717, 1.165) is 29.3 Å². The van der Waals surface area contributed by atoms with E-state index in [1.54, 1.807) is 0 Å². The number of amidine groups is 1. The zero-order valence-corrected chi connectivity index (χ0v) is 11.9. The predicted octanol–water partition coefficient (Wildman–Crippen LogP) is 3.40. The fourth-order valence-corrected chi connectivity index (χ4v) is 5.34. The van der Waals surface area contributed by atoms with Gasteiger partial charge in [0.15, 0.2) is 0 Å². The van der Waals surface area contributed by atoms with Gasteiger partial charge in [0.05, 0.1) is 5.69 Å². The summed E-state index contributed by atoms with van der Waals surface area (Å²) in [6.07, 6.45) is 8.20. The van der Waals surface area contributed by atoms with Gasteiger partial charge < -0.3 is 5.43 Å². The van der Waals surface area contributed by atoms with Crippen LogP contribution in [-0.4, -0.2) is 5.84 Å². The average molecular weight is 269 g/mol. The molecule has 106 valence electrons. The van der Waals surface area contributed by atoms with E-state index in [9.17, 15) is 0 Å². The number of rotatable bonds is 2. The molecule has 4 fully saturated rings. The number of aliphatic imine (C=N–C) groups is 1. The Labute approximate surface area is 120 Å². The van der Waals surface area contributed by atoms with E-state index in [-0.39, 0.29) is 5.41 Å². The van der Waals surface area contributed by atoms with Crippen molar-refractivity contribution in [2.24, 2.45) is 34.0 Å². The van der Waals surface area contributed by atoms with Crippen molar-refractivity contribution in [3.8, 4) is 0 Å². The highest BCUT2D eigenvalue weighted by molar-refractivity contribution is 5.90. The number of hydrazine groups is 1. The summed E-state index contributed by atoms with van der Waals surface area (Å²) in [4.78, 5) is 4.85. The second-order valence-corrected chi connectivity index (χ2v) is 7.14. The summed E-state index contributed by atoms with van der Waals surface area (Å²) in [6, 6.07) is 10.2. The zero-order chi connectivity index (χ0) is 13.6. The van der Waals surface area contributed by atoms with Crippen LogP contribution in [0.4, 0.5) is 5.69 Å². The number of para-hydroxylation sites is 1. The van der Waals surface area contributed by atoms with Gasteiger partial charge in [0.2, 0.25) is 0 Å². The summed E-state index contributed by atoms with van der Waals surface area (Å²) in [5.74, 6) is 9.63. The molecule has 0 saturated heterocycles. The Morgan fingerprint density at radius 2 is 1.55 bits per heavy atom. The Kier molecular flexibility index (Phi) is 2.84. The van der Waals surface area contributed by atoms with E-state index in [0.29, 0.717) is 0 Å². The van der Waals surface area contributed by atoms with E-state index in [4.69, 9.17) is 10.8 Å². The van der Waals surface area contributed by atoms with Crippen molar-refractivity contribution in [1.82, 2.24) is 5.43 Å². The van der Waals surface area contributed by atoms with Crippen LogP contribution < -0.4 is 11.3 Å². The Morgan fingerprint density at radius 3 is 2.05 bits per heavy atom. The molecule has 4 aliphatic rings. The first-order valence-corrected chi connectivity index (χ1v) is 7.88. The number of nitrogens with one attached hydrogen (secondary N) is 1. The van der Waals surface area contributed by atoms with Crippen LogP contribution >= 0.6 is 0 Å². The normalized spacial score (nSPS) is 39.0. The molecule has 0 atom stereocenters. The van der Waals surface area contributed by atoms with Crippen LogP contribution in [0.25, 0.3) is 0 Å². The second kappa shape index (κ2) is 4.59. The molecule has 1 aromatic carbocycles. The molecule has 0 spiro atoms. The van der Waals surface area contributed by atoms with Gasteiger partial charge in [-0.25, -0.2) is 10.8 Å². The third-order valence-electron chi connectivity index (χ3n) is 5.67. The van der Waals surface area contributed by atoms with Gasteiger partial charge in [-0.15, -0.1) is 0 Å². The maximum Gasteiger partial charge on any atom is 0.122 e. The first-order chi connectivity index (χ1) is 9.77. The van der Waals surface area contributed by atoms with Crippen LogP contribution in [0.15, 0.2) is 35.3 Å². The lowest BCUT2D eigenvalue weighted by molar-refractivity contribution is -0.0140. The number of nitrogens with two attached hydrogens (primary N) is 1. The van der Waals surface area contributed by atoms with E-state index in [1.807, 2.05) is 18.2 Å². The van der Waals surface area contributed by atoms with Crippen molar-refractivity contribution in [3.63, 3.8) is 0 Å². The highest BCUT2D eigenvalue weighted by Crippen LogP contribution is 2.60. The topological polar surface area (TPSA) is 50.4 Å². The fourth-order valence-electron chi connectivity index (χ4n) is 5.34. The lowest BCUT2D eigenvalue weighted by atomic mass is 9.49. The molecule has 4 aliphatic carbocycles. The Bertz CT molecular complexity index is 485. The molecular formula is C17H23N3. The van der Waals surface area contributed by atoms with Crippen molar-refractivity contribution < 1.29 is 0 Å². The van der Waals surface area contributed by atoms with Crippen molar-refractivity contribution in [2.75, 3.05) is 0 Å². The average Bonchev–Trinajstić information content (AvgIpc) is 2.44. The minimum atomic E-state index is 0.235. The molecule has 1 aromatic rings. The third kappa shape index (κ3) is 1.96. The van der Waals surface area contributed by atoms with Crippen LogP contribution in [0.1, 0.15) is 38.5 Å². The predicted molar refractivity (Wildman–Crippen MR) is 81.5 cm³/mol. The molecule has 3 heteroatoms. The van der Waals surface area contributed by atoms with Crippen LogP contribution in [0.2, 0.25) is 0 Å². The molecule has 20 heavy (non-hydrogen) atoms. The van der Waals surface area contributed by atoms with Crippen molar-refractivity contribution in [3.05, 3.63) is 30.3 Å². The van der Waals surface area contributed by atoms with Crippen molar-refractivity contribution in [2.45, 2.75) is 38.5 Å². The molecule has 4 saturated carbocycles. The molecule has 3 nitrogen and oxygen atoms in total.